The number of rotatable bonds is 6. The standard InChI is InChI=1S/C58H37NO/c1-3-15-40(16-4-1)56-50-21-10-9-20-48(50)49-34-30-42(37-52(49)57(56)41-17-5-2-6-18-41)38-28-31-44(32-29-38)59(53-23-13-25-55-58(53)51-22-11-12-24-54(51)60-55)45-33-35-47-43(36-45)27-26-39-14-7-8-19-46(39)47/h1-37H. The van der Waals surface area contributed by atoms with Gasteiger partial charge in [0.1, 0.15) is 11.2 Å². The maximum absolute atomic E-state index is 6.42. The Kier molecular flexibility index (Phi) is 7.89. The van der Waals surface area contributed by atoms with Gasteiger partial charge in [-0.3, -0.25) is 0 Å². The molecule has 0 N–H and O–H groups in total. The van der Waals surface area contributed by atoms with Gasteiger partial charge in [-0.25, -0.2) is 0 Å². The minimum Gasteiger partial charge on any atom is -0.456 e. The first-order valence-corrected chi connectivity index (χ1v) is 20.6. The lowest BCUT2D eigenvalue weighted by Gasteiger charge is -2.27. The monoisotopic (exact) mass is 763 g/mol. The van der Waals surface area contributed by atoms with Crippen molar-refractivity contribution >= 4 is 82.1 Å². The number of nitrogens with zero attached hydrogens (tertiary/aromatic N) is 1. The zero-order chi connectivity index (χ0) is 39.6. The molecule has 11 aromatic carbocycles. The van der Waals surface area contributed by atoms with Crippen LogP contribution in [0, 0.1) is 0 Å². The summed E-state index contributed by atoms with van der Waals surface area (Å²) in [6.45, 7) is 0. The van der Waals surface area contributed by atoms with E-state index < -0.39 is 0 Å². The number of benzene rings is 11. The predicted octanol–water partition coefficient (Wildman–Crippen LogP) is 16.7. The van der Waals surface area contributed by atoms with Crippen LogP contribution in [0.3, 0.4) is 0 Å². The molecule has 0 saturated heterocycles. The average Bonchev–Trinajstić information content (AvgIpc) is 3.71. The molecule has 60 heavy (non-hydrogen) atoms. The van der Waals surface area contributed by atoms with E-state index in [1.807, 2.05) is 6.07 Å². The van der Waals surface area contributed by atoms with Gasteiger partial charge in [-0.2, -0.15) is 0 Å². The number of furan rings is 1. The van der Waals surface area contributed by atoms with Crippen LogP contribution in [0.15, 0.2) is 229 Å². The van der Waals surface area contributed by atoms with E-state index in [0.29, 0.717) is 0 Å². The van der Waals surface area contributed by atoms with Gasteiger partial charge in [0.2, 0.25) is 0 Å². The number of fused-ring (bicyclic) bond motifs is 9. The summed E-state index contributed by atoms with van der Waals surface area (Å²) in [7, 11) is 0. The Morgan fingerprint density at radius 1 is 0.283 bits per heavy atom. The SMILES string of the molecule is c1ccc(-c2c(-c3ccccc3)c3cc(-c4ccc(N(c5ccc6c(ccc7ccccc76)c5)c5cccc6oc7ccccc7c56)cc4)ccc3c3ccccc23)cc1. The average molecular weight is 764 g/mol. The quantitative estimate of drug-likeness (QED) is 0.157. The van der Waals surface area contributed by atoms with Gasteiger partial charge in [0.25, 0.3) is 0 Å². The van der Waals surface area contributed by atoms with Crippen molar-refractivity contribution in [1.29, 1.82) is 0 Å². The van der Waals surface area contributed by atoms with Crippen molar-refractivity contribution in [3.8, 4) is 33.4 Å². The summed E-state index contributed by atoms with van der Waals surface area (Å²) in [6, 6.07) is 81.3. The van der Waals surface area contributed by atoms with E-state index in [0.717, 1.165) is 44.6 Å². The molecule has 0 unspecified atom stereocenters. The summed E-state index contributed by atoms with van der Waals surface area (Å²) in [5, 5.41) is 12.2. The Balaban J connectivity index is 1.05. The highest BCUT2D eigenvalue weighted by Gasteiger charge is 2.21. The van der Waals surface area contributed by atoms with Gasteiger partial charge in [0.05, 0.1) is 11.1 Å². The van der Waals surface area contributed by atoms with Crippen molar-refractivity contribution in [1.82, 2.24) is 0 Å². The summed E-state index contributed by atoms with van der Waals surface area (Å²) in [5.74, 6) is 0. The fourth-order valence-corrected chi connectivity index (χ4v) is 9.49. The van der Waals surface area contributed by atoms with Gasteiger partial charge in [0, 0.05) is 16.8 Å². The molecule has 0 bridgehead atoms. The third kappa shape index (κ3) is 5.50. The van der Waals surface area contributed by atoms with Crippen LogP contribution in [0.2, 0.25) is 0 Å². The molecule has 0 radical (unpaired) electrons. The molecule has 280 valence electrons. The lowest BCUT2D eigenvalue weighted by atomic mass is 9.84. The first-order valence-electron chi connectivity index (χ1n) is 20.6. The minimum atomic E-state index is 0.870. The largest absolute Gasteiger partial charge is 0.456 e. The maximum Gasteiger partial charge on any atom is 0.137 e. The van der Waals surface area contributed by atoms with Crippen LogP contribution in [-0.4, -0.2) is 0 Å². The molecule has 1 aromatic heterocycles. The van der Waals surface area contributed by atoms with E-state index in [-0.39, 0.29) is 0 Å². The summed E-state index contributed by atoms with van der Waals surface area (Å²) in [4.78, 5) is 2.38. The first-order chi connectivity index (χ1) is 29.8. The van der Waals surface area contributed by atoms with Gasteiger partial charge in [-0.05, 0) is 125 Å². The molecule has 2 heteroatoms. The number of para-hydroxylation sites is 1. The molecule has 12 rings (SSSR count). The molecule has 12 aromatic rings. The molecule has 0 fully saturated rings. The molecule has 0 spiro atoms. The molecular formula is C58H37NO. The summed E-state index contributed by atoms with van der Waals surface area (Å²) < 4.78 is 6.42. The molecule has 0 aliphatic rings. The smallest absolute Gasteiger partial charge is 0.137 e. The zero-order valence-corrected chi connectivity index (χ0v) is 32.7. The molecular weight excluding hydrogens is 727 g/mol. The Morgan fingerprint density at radius 2 is 0.833 bits per heavy atom. The molecule has 2 nitrogen and oxygen atoms in total. The van der Waals surface area contributed by atoms with E-state index >= 15 is 0 Å². The third-order valence-corrected chi connectivity index (χ3v) is 12.2. The molecule has 0 saturated carbocycles. The molecule has 0 amide bonds. The minimum absolute atomic E-state index is 0.870. The Bertz CT molecular complexity index is 3590. The van der Waals surface area contributed by atoms with Crippen LogP contribution in [0.25, 0.3) is 98.4 Å². The van der Waals surface area contributed by atoms with Gasteiger partial charge in [0.15, 0.2) is 0 Å². The van der Waals surface area contributed by atoms with Crippen molar-refractivity contribution in [2.75, 3.05) is 4.90 Å². The van der Waals surface area contributed by atoms with E-state index in [9.17, 15) is 0 Å². The molecule has 1 heterocycles. The number of anilines is 3. The Labute approximate surface area is 347 Å². The number of hydrogen-bond acceptors (Lipinski definition) is 2. The van der Waals surface area contributed by atoms with Crippen LogP contribution >= 0.6 is 0 Å². The molecule has 0 atom stereocenters. The second-order valence-corrected chi connectivity index (χ2v) is 15.6. The van der Waals surface area contributed by atoms with Crippen LogP contribution in [0.4, 0.5) is 17.1 Å². The van der Waals surface area contributed by atoms with Crippen molar-refractivity contribution < 1.29 is 4.42 Å². The molecule has 0 aliphatic carbocycles. The van der Waals surface area contributed by atoms with Gasteiger partial charge < -0.3 is 9.32 Å². The van der Waals surface area contributed by atoms with Crippen LogP contribution in [0.5, 0.6) is 0 Å². The maximum atomic E-state index is 6.42. The highest BCUT2D eigenvalue weighted by Crippen LogP contribution is 2.47. The van der Waals surface area contributed by atoms with Crippen molar-refractivity contribution in [2.24, 2.45) is 0 Å². The van der Waals surface area contributed by atoms with Crippen LogP contribution in [0.1, 0.15) is 0 Å². The summed E-state index contributed by atoms with van der Waals surface area (Å²) in [6.07, 6.45) is 0. The fourth-order valence-electron chi connectivity index (χ4n) is 9.49. The molecule has 0 aliphatic heterocycles. The van der Waals surface area contributed by atoms with Gasteiger partial charge >= 0.3 is 0 Å². The summed E-state index contributed by atoms with van der Waals surface area (Å²) in [5.41, 5.74) is 12.3. The van der Waals surface area contributed by atoms with Crippen LogP contribution < -0.4 is 4.90 Å². The van der Waals surface area contributed by atoms with E-state index in [1.54, 1.807) is 0 Å². The fraction of sp³-hybridized carbons (Fsp3) is 0. The Hall–Kier alpha value is -7.94. The van der Waals surface area contributed by atoms with Crippen LogP contribution in [-0.2, 0) is 0 Å². The second-order valence-electron chi connectivity index (χ2n) is 15.6. The van der Waals surface area contributed by atoms with Crippen molar-refractivity contribution in [2.45, 2.75) is 0 Å². The number of hydrogen-bond donors (Lipinski definition) is 0. The first kappa shape index (κ1) is 34.1. The highest BCUT2D eigenvalue weighted by molar-refractivity contribution is 6.22. The highest BCUT2D eigenvalue weighted by atomic mass is 16.3. The summed E-state index contributed by atoms with van der Waals surface area (Å²) >= 11 is 0. The normalized spacial score (nSPS) is 11.7. The van der Waals surface area contributed by atoms with Gasteiger partial charge in [-0.15, -0.1) is 0 Å². The van der Waals surface area contributed by atoms with E-state index in [4.69, 9.17) is 4.42 Å². The van der Waals surface area contributed by atoms with Crippen molar-refractivity contribution in [3.63, 3.8) is 0 Å². The lowest BCUT2D eigenvalue weighted by molar-refractivity contribution is 0.669. The third-order valence-electron chi connectivity index (χ3n) is 12.2. The topological polar surface area (TPSA) is 16.4 Å². The predicted molar refractivity (Wildman–Crippen MR) is 255 cm³/mol. The lowest BCUT2D eigenvalue weighted by Crippen LogP contribution is -2.10. The Morgan fingerprint density at radius 3 is 1.62 bits per heavy atom. The second kappa shape index (κ2) is 13.9. The van der Waals surface area contributed by atoms with Gasteiger partial charge in [-0.1, -0.05) is 176 Å². The van der Waals surface area contributed by atoms with E-state index in [1.165, 1.54) is 70.9 Å². The van der Waals surface area contributed by atoms with E-state index in [2.05, 4.69) is 223 Å². The zero-order valence-electron chi connectivity index (χ0n) is 32.7. The van der Waals surface area contributed by atoms with Crippen molar-refractivity contribution in [3.05, 3.63) is 224 Å².